The molecule has 2 rings (SSSR count). The smallest absolute Gasteiger partial charge is 0.120 e. The van der Waals surface area contributed by atoms with Gasteiger partial charge in [0.1, 0.15) is 17.6 Å². The zero-order chi connectivity index (χ0) is 11.9. The average Bonchev–Trinajstić information content (AvgIpc) is 2.39. The standard InChI is InChI=1S/C14H21NO2/c1-2-10-16-12-5-7-13(8-6-12)17-14-4-3-9-15-11-14/h5-8,14-15H,2-4,9-11H2,1H3/t14-/m1/s1. The minimum atomic E-state index is 0.311. The van der Waals surface area contributed by atoms with Crippen molar-refractivity contribution in [2.75, 3.05) is 19.7 Å². The van der Waals surface area contributed by atoms with E-state index >= 15 is 0 Å². The zero-order valence-electron chi connectivity index (χ0n) is 10.4. The van der Waals surface area contributed by atoms with Crippen LogP contribution in [0, 0.1) is 0 Å². The molecule has 3 nitrogen and oxygen atoms in total. The lowest BCUT2D eigenvalue weighted by molar-refractivity contribution is 0.167. The normalized spacial score (nSPS) is 19.9. The van der Waals surface area contributed by atoms with E-state index in [1.165, 1.54) is 6.42 Å². The Balaban J connectivity index is 1.84. The largest absolute Gasteiger partial charge is 0.494 e. The first-order valence-corrected chi connectivity index (χ1v) is 6.48. The molecule has 17 heavy (non-hydrogen) atoms. The van der Waals surface area contributed by atoms with E-state index in [9.17, 15) is 0 Å². The number of hydrogen-bond acceptors (Lipinski definition) is 3. The van der Waals surface area contributed by atoms with E-state index in [-0.39, 0.29) is 0 Å². The van der Waals surface area contributed by atoms with E-state index in [1.807, 2.05) is 24.3 Å². The summed E-state index contributed by atoms with van der Waals surface area (Å²) in [5.74, 6) is 1.85. The van der Waals surface area contributed by atoms with Crippen molar-refractivity contribution in [1.29, 1.82) is 0 Å². The van der Waals surface area contributed by atoms with Crippen molar-refractivity contribution < 1.29 is 9.47 Å². The summed E-state index contributed by atoms with van der Waals surface area (Å²) in [5.41, 5.74) is 0. The molecule has 0 aromatic heterocycles. The Morgan fingerprint density at radius 1 is 1.24 bits per heavy atom. The summed E-state index contributed by atoms with van der Waals surface area (Å²) in [7, 11) is 0. The second-order valence-electron chi connectivity index (χ2n) is 4.41. The Morgan fingerprint density at radius 3 is 2.65 bits per heavy atom. The number of ether oxygens (including phenoxy) is 2. The molecule has 1 fully saturated rings. The minimum Gasteiger partial charge on any atom is -0.494 e. The summed E-state index contributed by atoms with van der Waals surface area (Å²) in [5, 5.41) is 3.34. The van der Waals surface area contributed by atoms with Crippen LogP contribution >= 0.6 is 0 Å². The molecule has 1 saturated heterocycles. The van der Waals surface area contributed by atoms with Crippen LogP contribution in [0.15, 0.2) is 24.3 Å². The van der Waals surface area contributed by atoms with Gasteiger partial charge in [0.05, 0.1) is 6.61 Å². The van der Waals surface area contributed by atoms with Gasteiger partial charge in [0.15, 0.2) is 0 Å². The highest BCUT2D eigenvalue weighted by molar-refractivity contribution is 5.31. The first-order valence-electron chi connectivity index (χ1n) is 6.48. The van der Waals surface area contributed by atoms with Gasteiger partial charge in [-0.25, -0.2) is 0 Å². The second-order valence-corrected chi connectivity index (χ2v) is 4.41. The summed E-state index contributed by atoms with van der Waals surface area (Å²) < 4.78 is 11.4. The summed E-state index contributed by atoms with van der Waals surface area (Å²) in [6.45, 7) is 4.94. The van der Waals surface area contributed by atoms with Crippen molar-refractivity contribution in [3.05, 3.63) is 24.3 Å². The van der Waals surface area contributed by atoms with Gasteiger partial charge in [0.25, 0.3) is 0 Å². The fraction of sp³-hybridized carbons (Fsp3) is 0.571. The fourth-order valence-corrected chi connectivity index (χ4v) is 1.95. The molecular weight excluding hydrogens is 214 g/mol. The van der Waals surface area contributed by atoms with E-state index in [2.05, 4.69) is 12.2 Å². The lowest BCUT2D eigenvalue weighted by Crippen LogP contribution is -2.37. The van der Waals surface area contributed by atoms with Gasteiger partial charge in [-0.15, -0.1) is 0 Å². The Hall–Kier alpha value is -1.22. The molecule has 0 bridgehead atoms. The Bertz CT molecular complexity index is 317. The van der Waals surface area contributed by atoms with Crippen molar-refractivity contribution >= 4 is 0 Å². The zero-order valence-corrected chi connectivity index (χ0v) is 10.4. The highest BCUT2D eigenvalue weighted by Crippen LogP contribution is 2.20. The molecule has 0 unspecified atom stereocenters. The fourth-order valence-electron chi connectivity index (χ4n) is 1.95. The predicted octanol–water partition coefficient (Wildman–Crippen LogP) is 2.61. The third kappa shape index (κ3) is 3.93. The van der Waals surface area contributed by atoms with Crippen molar-refractivity contribution in [2.45, 2.75) is 32.3 Å². The van der Waals surface area contributed by atoms with Crippen molar-refractivity contribution in [3.63, 3.8) is 0 Å². The highest BCUT2D eigenvalue weighted by Gasteiger charge is 2.13. The monoisotopic (exact) mass is 235 g/mol. The molecule has 0 radical (unpaired) electrons. The SMILES string of the molecule is CCCOc1ccc(O[C@@H]2CCCNC2)cc1. The van der Waals surface area contributed by atoms with E-state index < -0.39 is 0 Å². The molecule has 1 aliphatic rings. The van der Waals surface area contributed by atoms with Crippen LogP contribution < -0.4 is 14.8 Å². The molecule has 3 heteroatoms. The maximum atomic E-state index is 5.90. The van der Waals surface area contributed by atoms with Crippen LogP contribution in [-0.4, -0.2) is 25.8 Å². The molecule has 94 valence electrons. The Kier molecular flexibility index (Phi) is 4.68. The number of rotatable bonds is 5. The quantitative estimate of drug-likeness (QED) is 0.851. The van der Waals surface area contributed by atoms with Crippen molar-refractivity contribution in [2.24, 2.45) is 0 Å². The van der Waals surface area contributed by atoms with Gasteiger partial charge < -0.3 is 14.8 Å². The average molecular weight is 235 g/mol. The lowest BCUT2D eigenvalue weighted by atomic mass is 10.1. The van der Waals surface area contributed by atoms with Crippen LogP contribution in [0.3, 0.4) is 0 Å². The van der Waals surface area contributed by atoms with Gasteiger partial charge >= 0.3 is 0 Å². The second kappa shape index (κ2) is 6.50. The summed E-state index contributed by atoms with van der Waals surface area (Å²) >= 11 is 0. The van der Waals surface area contributed by atoms with Crippen LogP contribution in [0.25, 0.3) is 0 Å². The van der Waals surface area contributed by atoms with E-state index in [4.69, 9.17) is 9.47 Å². The third-order valence-corrected chi connectivity index (χ3v) is 2.85. The summed E-state index contributed by atoms with van der Waals surface area (Å²) in [6.07, 6.45) is 3.68. The first kappa shape index (κ1) is 12.2. The van der Waals surface area contributed by atoms with E-state index in [0.29, 0.717) is 6.10 Å². The van der Waals surface area contributed by atoms with Crippen LogP contribution in [0.2, 0.25) is 0 Å². The maximum absolute atomic E-state index is 5.90. The molecule has 0 aliphatic carbocycles. The van der Waals surface area contributed by atoms with Gasteiger partial charge in [-0.1, -0.05) is 6.92 Å². The van der Waals surface area contributed by atoms with Gasteiger partial charge in [0.2, 0.25) is 0 Å². The van der Waals surface area contributed by atoms with Crippen molar-refractivity contribution in [3.8, 4) is 11.5 Å². The number of benzene rings is 1. The molecule has 1 aromatic carbocycles. The molecule has 0 amide bonds. The van der Waals surface area contributed by atoms with E-state index in [1.54, 1.807) is 0 Å². The van der Waals surface area contributed by atoms with Gasteiger partial charge in [0, 0.05) is 6.54 Å². The molecule has 1 heterocycles. The molecule has 1 atom stereocenters. The topological polar surface area (TPSA) is 30.5 Å². The molecule has 1 aliphatic heterocycles. The van der Waals surface area contributed by atoms with Crippen molar-refractivity contribution in [1.82, 2.24) is 5.32 Å². The van der Waals surface area contributed by atoms with Gasteiger partial charge in [-0.2, -0.15) is 0 Å². The Labute approximate surface area is 103 Å². The number of nitrogens with one attached hydrogen (secondary N) is 1. The van der Waals surface area contributed by atoms with Gasteiger partial charge in [-0.3, -0.25) is 0 Å². The van der Waals surface area contributed by atoms with Gasteiger partial charge in [-0.05, 0) is 50.1 Å². The lowest BCUT2D eigenvalue weighted by Gasteiger charge is -2.23. The van der Waals surface area contributed by atoms with Crippen LogP contribution in [0.5, 0.6) is 11.5 Å². The van der Waals surface area contributed by atoms with Crippen LogP contribution in [0.1, 0.15) is 26.2 Å². The number of piperidine rings is 1. The first-order chi connectivity index (χ1) is 8.38. The highest BCUT2D eigenvalue weighted by atomic mass is 16.5. The van der Waals surface area contributed by atoms with Crippen LogP contribution in [0.4, 0.5) is 0 Å². The maximum Gasteiger partial charge on any atom is 0.120 e. The minimum absolute atomic E-state index is 0.311. The Morgan fingerprint density at radius 2 is 2.00 bits per heavy atom. The molecule has 1 aromatic rings. The molecular formula is C14H21NO2. The predicted molar refractivity (Wildman–Crippen MR) is 68.7 cm³/mol. The summed E-state index contributed by atoms with van der Waals surface area (Å²) in [6, 6.07) is 7.92. The molecule has 0 saturated carbocycles. The van der Waals surface area contributed by atoms with E-state index in [0.717, 1.165) is 44.0 Å². The van der Waals surface area contributed by atoms with Crippen LogP contribution in [-0.2, 0) is 0 Å². The third-order valence-electron chi connectivity index (χ3n) is 2.85. The molecule has 0 spiro atoms. The summed E-state index contributed by atoms with van der Waals surface area (Å²) in [4.78, 5) is 0. The number of hydrogen-bond donors (Lipinski definition) is 1. The molecule has 1 N–H and O–H groups in total.